The van der Waals surface area contributed by atoms with Crippen molar-refractivity contribution >= 4 is 29.4 Å². The third kappa shape index (κ3) is 3.33. The van der Waals surface area contributed by atoms with Gasteiger partial charge in [0.2, 0.25) is 5.95 Å². The predicted molar refractivity (Wildman–Crippen MR) is 71.8 cm³/mol. The first-order valence-corrected chi connectivity index (χ1v) is 6.10. The van der Waals surface area contributed by atoms with Crippen LogP contribution >= 0.6 is 11.6 Å². The number of aromatic amines is 1. The fraction of sp³-hybridized carbons (Fsp3) is 0.167. The molecule has 0 radical (unpaired) electrons. The average molecular weight is 295 g/mol. The van der Waals surface area contributed by atoms with Gasteiger partial charge in [-0.05, 0) is 18.2 Å². The molecular formula is C12H11ClN4O3. The second kappa shape index (κ2) is 6.16. The molecular weight excluding hydrogens is 284 g/mol. The topological polar surface area (TPSA) is 99.2 Å². The van der Waals surface area contributed by atoms with Crippen LogP contribution in [0.3, 0.4) is 0 Å². The van der Waals surface area contributed by atoms with Crippen LogP contribution < -0.4 is 4.90 Å². The van der Waals surface area contributed by atoms with E-state index in [1.54, 1.807) is 18.2 Å². The van der Waals surface area contributed by atoms with Gasteiger partial charge in [-0.2, -0.15) is 10.1 Å². The molecule has 0 spiro atoms. The second-order valence-corrected chi connectivity index (χ2v) is 4.36. The van der Waals surface area contributed by atoms with Crippen molar-refractivity contribution in [1.82, 2.24) is 15.2 Å². The zero-order valence-corrected chi connectivity index (χ0v) is 11.0. The minimum absolute atomic E-state index is 0.0180. The molecule has 1 amide bonds. The third-order valence-electron chi connectivity index (χ3n) is 2.52. The number of aromatic nitrogens is 3. The van der Waals surface area contributed by atoms with Gasteiger partial charge in [0.15, 0.2) is 0 Å². The van der Waals surface area contributed by atoms with Crippen molar-refractivity contribution in [2.45, 2.75) is 6.42 Å². The second-order valence-electron chi connectivity index (χ2n) is 3.92. The number of carbonyl (C=O) groups excluding carboxylic acids is 1. The summed E-state index contributed by atoms with van der Waals surface area (Å²) in [5.74, 6) is -1.21. The van der Waals surface area contributed by atoms with Gasteiger partial charge in [-0.1, -0.05) is 17.7 Å². The summed E-state index contributed by atoms with van der Waals surface area (Å²) in [6.45, 7) is -0.0180. The van der Waals surface area contributed by atoms with Crippen LogP contribution in [-0.2, 0) is 4.79 Å². The Balaban J connectivity index is 2.26. The number of anilines is 1. The molecule has 2 N–H and O–H groups in total. The van der Waals surface area contributed by atoms with Crippen molar-refractivity contribution in [3.8, 4) is 0 Å². The Morgan fingerprint density at radius 2 is 2.20 bits per heavy atom. The minimum atomic E-state index is -1.01. The molecule has 1 heterocycles. The monoisotopic (exact) mass is 294 g/mol. The van der Waals surface area contributed by atoms with E-state index >= 15 is 0 Å². The smallest absolute Gasteiger partial charge is 0.305 e. The quantitative estimate of drug-likeness (QED) is 0.872. The highest BCUT2D eigenvalue weighted by Gasteiger charge is 2.21. The van der Waals surface area contributed by atoms with Gasteiger partial charge < -0.3 is 5.11 Å². The third-order valence-corrected chi connectivity index (χ3v) is 2.76. The average Bonchev–Trinajstić information content (AvgIpc) is 2.92. The summed E-state index contributed by atoms with van der Waals surface area (Å²) in [6.07, 6.45) is 1.04. The van der Waals surface area contributed by atoms with E-state index in [9.17, 15) is 9.59 Å². The molecule has 2 aromatic rings. The minimum Gasteiger partial charge on any atom is -0.481 e. The first kappa shape index (κ1) is 14.0. The number of carboxylic acid groups (broad SMARTS) is 1. The van der Waals surface area contributed by atoms with Gasteiger partial charge in [0.1, 0.15) is 6.33 Å². The Hall–Kier alpha value is -2.41. The van der Waals surface area contributed by atoms with Crippen molar-refractivity contribution in [3.63, 3.8) is 0 Å². The molecule has 2 rings (SSSR count). The number of carbonyl (C=O) groups is 2. The molecule has 0 fully saturated rings. The molecule has 7 nitrogen and oxygen atoms in total. The fourth-order valence-corrected chi connectivity index (χ4v) is 1.81. The largest absolute Gasteiger partial charge is 0.481 e. The van der Waals surface area contributed by atoms with Crippen molar-refractivity contribution in [2.75, 3.05) is 11.4 Å². The molecule has 0 aliphatic heterocycles. The van der Waals surface area contributed by atoms with Crippen LogP contribution in [-0.4, -0.2) is 38.7 Å². The van der Waals surface area contributed by atoms with Crippen LogP contribution in [0.25, 0.3) is 0 Å². The number of carboxylic acids is 1. The van der Waals surface area contributed by atoms with E-state index in [0.29, 0.717) is 10.6 Å². The number of hydrogen-bond donors (Lipinski definition) is 2. The maximum Gasteiger partial charge on any atom is 0.305 e. The van der Waals surface area contributed by atoms with Crippen molar-refractivity contribution in [3.05, 3.63) is 41.2 Å². The van der Waals surface area contributed by atoms with Gasteiger partial charge in [0.25, 0.3) is 5.91 Å². The Labute approximate surface area is 119 Å². The van der Waals surface area contributed by atoms with Gasteiger partial charge in [-0.15, -0.1) is 0 Å². The first-order valence-electron chi connectivity index (χ1n) is 5.72. The Kier molecular flexibility index (Phi) is 4.31. The molecule has 20 heavy (non-hydrogen) atoms. The summed E-state index contributed by atoms with van der Waals surface area (Å²) in [7, 11) is 0. The lowest BCUT2D eigenvalue weighted by molar-refractivity contribution is -0.136. The lowest BCUT2D eigenvalue weighted by atomic mass is 10.2. The van der Waals surface area contributed by atoms with Gasteiger partial charge in [-0.3, -0.25) is 14.5 Å². The highest BCUT2D eigenvalue weighted by atomic mass is 35.5. The van der Waals surface area contributed by atoms with E-state index in [4.69, 9.17) is 16.7 Å². The summed E-state index contributed by atoms with van der Waals surface area (Å²) in [5.41, 5.74) is 0.347. The first-order chi connectivity index (χ1) is 9.58. The fourth-order valence-electron chi connectivity index (χ4n) is 1.62. The van der Waals surface area contributed by atoms with Gasteiger partial charge in [0.05, 0.1) is 6.42 Å². The van der Waals surface area contributed by atoms with Crippen LogP contribution in [0.1, 0.15) is 16.8 Å². The van der Waals surface area contributed by atoms with Crippen molar-refractivity contribution < 1.29 is 14.7 Å². The van der Waals surface area contributed by atoms with Crippen LogP contribution in [0, 0.1) is 0 Å². The molecule has 8 heteroatoms. The SMILES string of the molecule is O=C(O)CCN(C(=O)c1cccc(Cl)c1)c1ncn[nH]1. The summed E-state index contributed by atoms with van der Waals surface area (Å²) < 4.78 is 0. The molecule has 1 aromatic heterocycles. The highest BCUT2D eigenvalue weighted by molar-refractivity contribution is 6.31. The lowest BCUT2D eigenvalue weighted by Gasteiger charge is -2.18. The summed E-state index contributed by atoms with van der Waals surface area (Å²) in [6, 6.07) is 6.39. The number of nitrogens with zero attached hydrogens (tertiary/aromatic N) is 3. The standard InChI is InChI=1S/C12H11ClN4O3/c13-9-3-1-2-8(6-9)11(20)17(5-4-10(18)19)12-14-7-15-16-12/h1-3,6-7H,4-5H2,(H,18,19)(H,14,15,16). The van der Waals surface area contributed by atoms with Crippen molar-refractivity contribution in [1.29, 1.82) is 0 Å². The predicted octanol–water partition coefficient (Wildman–Crippen LogP) is 1.58. The molecule has 1 aromatic carbocycles. The number of halogens is 1. The van der Waals surface area contributed by atoms with Crippen molar-refractivity contribution in [2.24, 2.45) is 0 Å². The number of amides is 1. The highest BCUT2D eigenvalue weighted by Crippen LogP contribution is 2.15. The van der Waals surface area contributed by atoms with Crippen LogP contribution in [0.5, 0.6) is 0 Å². The zero-order valence-electron chi connectivity index (χ0n) is 10.3. The molecule has 0 bridgehead atoms. The van der Waals surface area contributed by atoms with Crippen LogP contribution in [0.4, 0.5) is 5.95 Å². The Morgan fingerprint density at radius 3 is 2.80 bits per heavy atom. The lowest BCUT2D eigenvalue weighted by Crippen LogP contribution is -2.34. The molecule has 0 saturated heterocycles. The number of hydrogen-bond acceptors (Lipinski definition) is 4. The normalized spacial score (nSPS) is 10.2. The number of benzene rings is 1. The maximum atomic E-state index is 12.4. The van der Waals surface area contributed by atoms with E-state index < -0.39 is 11.9 Å². The summed E-state index contributed by atoms with van der Waals surface area (Å²) in [4.78, 5) is 28.2. The van der Waals surface area contributed by atoms with E-state index in [0.717, 1.165) is 0 Å². The number of H-pyrrole nitrogens is 1. The molecule has 0 aliphatic carbocycles. The molecule has 0 saturated carbocycles. The van der Waals surface area contributed by atoms with Crippen LogP contribution in [0.2, 0.25) is 5.02 Å². The molecule has 104 valence electrons. The molecule has 0 unspecified atom stereocenters. The van der Waals surface area contributed by atoms with Crippen LogP contribution in [0.15, 0.2) is 30.6 Å². The molecule has 0 atom stereocenters. The summed E-state index contributed by atoms with van der Waals surface area (Å²) >= 11 is 5.85. The number of rotatable bonds is 5. The number of nitrogens with one attached hydrogen (secondary N) is 1. The van der Waals surface area contributed by atoms with E-state index in [1.165, 1.54) is 17.3 Å². The van der Waals surface area contributed by atoms with Gasteiger partial charge in [0, 0.05) is 17.1 Å². The van der Waals surface area contributed by atoms with Gasteiger partial charge >= 0.3 is 5.97 Å². The zero-order chi connectivity index (χ0) is 14.5. The van der Waals surface area contributed by atoms with E-state index in [2.05, 4.69) is 15.2 Å². The maximum absolute atomic E-state index is 12.4. The molecule has 0 aliphatic rings. The Morgan fingerprint density at radius 1 is 1.40 bits per heavy atom. The Bertz CT molecular complexity index is 615. The summed E-state index contributed by atoms with van der Waals surface area (Å²) in [5, 5.41) is 15.4. The van der Waals surface area contributed by atoms with E-state index in [1.807, 2.05) is 0 Å². The van der Waals surface area contributed by atoms with Gasteiger partial charge in [-0.25, -0.2) is 5.10 Å². The number of aliphatic carboxylic acids is 1. The van der Waals surface area contributed by atoms with E-state index in [-0.39, 0.29) is 18.9 Å².